The molecule has 1 N–H and O–H groups in total. The third kappa shape index (κ3) is 5.19. The normalized spacial score (nSPS) is 22.0. The van der Waals surface area contributed by atoms with Gasteiger partial charge in [0.15, 0.2) is 5.17 Å². The predicted octanol–water partition coefficient (Wildman–Crippen LogP) is 4.58. The van der Waals surface area contributed by atoms with Crippen molar-refractivity contribution in [2.75, 3.05) is 18.5 Å². The van der Waals surface area contributed by atoms with Crippen LogP contribution in [0.2, 0.25) is 0 Å². The van der Waals surface area contributed by atoms with Gasteiger partial charge >= 0.3 is 0 Å². The van der Waals surface area contributed by atoms with E-state index in [-0.39, 0.29) is 24.1 Å². The average Bonchev–Trinajstić information content (AvgIpc) is 3.36. The second-order valence-electron chi connectivity index (χ2n) is 8.11. The third-order valence-corrected chi connectivity index (χ3v) is 6.69. The number of thioether (sulfide) groups is 1. The Kier molecular flexibility index (Phi) is 6.91. The van der Waals surface area contributed by atoms with Crippen molar-refractivity contribution in [1.82, 2.24) is 4.90 Å². The molecule has 0 spiro atoms. The van der Waals surface area contributed by atoms with E-state index in [0.29, 0.717) is 18.3 Å². The number of anilines is 1. The molecular formula is C24H26FN3O3S. The molecule has 2 atom stereocenters. The maximum Gasteiger partial charge on any atom is 0.242 e. The van der Waals surface area contributed by atoms with Gasteiger partial charge < -0.3 is 10.1 Å². The van der Waals surface area contributed by atoms with Gasteiger partial charge in [-0.2, -0.15) is 0 Å². The Morgan fingerprint density at radius 1 is 1.28 bits per heavy atom. The molecule has 168 valence electrons. The molecule has 0 aliphatic carbocycles. The lowest BCUT2D eigenvalue weighted by Gasteiger charge is -2.20. The smallest absolute Gasteiger partial charge is 0.242 e. The zero-order valence-corrected chi connectivity index (χ0v) is 19.0. The number of amidine groups is 1. The molecule has 2 aliphatic rings. The standard InChI is InChI=1S/C24H26FN3O3S/c1-15-9-10-19(16(2)12-15)27-24-28(14-17-6-5-11-31-17)23(30)21(32-24)13-22(29)26-20-8-4-3-7-18(20)25/h3-4,7-10,12,17,21H,5-6,11,13-14H2,1-2H3,(H,26,29). The van der Waals surface area contributed by atoms with Crippen LogP contribution >= 0.6 is 11.8 Å². The number of aliphatic imine (C=N–C) groups is 1. The molecule has 2 saturated heterocycles. The zero-order valence-electron chi connectivity index (χ0n) is 18.1. The highest BCUT2D eigenvalue weighted by atomic mass is 32.2. The highest BCUT2D eigenvalue weighted by Crippen LogP contribution is 2.34. The van der Waals surface area contributed by atoms with E-state index < -0.39 is 17.0 Å². The van der Waals surface area contributed by atoms with Crippen molar-refractivity contribution in [1.29, 1.82) is 0 Å². The number of aryl methyl sites for hydroxylation is 2. The first kappa shape index (κ1) is 22.5. The molecule has 0 radical (unpaired) electrons. The lowest BCUT2D eigenvalue weighted by atomic mass is 10.1. The summed E-state index contributed by atoms with van der Waals surface area (Å²) >= 11 is 1.28. The zero-order chi connectivity index (χ0) is 22.7. The molecule has 32 heavy (non-hydrogen) atoms. The maximum absolute atomic E-state index is 13.9. The Hall–Kier alpha value is -2.71. The summed E-state index contributed by atoms with van der Waals surface area (Å²) in [4.78, 5) is 32.2. The van der Waals surface area contributed by atoms with Crippen LogP contribution < -0.4 is 5.32 Å². The van der Waals surface area contributed by atoms with Crippen molar-refractivity contribution in [3.05, 3.63) is 59.4 Å². The Morgan fingerprint density at radius 2 is 2.09 bits per heavy atom. The summed E-state index contributed by atoms with van der Waals surface area (Å²) in [5.74, 6) is -1.09. The van der Waals surface area contributed by atoms with E-state index in [4.69, 9.17) is 9.73 Å². The third-order valence-electron chi connectivity index (χ3n) is 5.52. The van der Waals surface area contributed by atoms with Crippen LogP contribution in [0.25, 0.3) is 0 Å². The van der Waals surface area contributed by atoms with Crippen LogP contribution in [0.15, 0.2) is 47.5 Å². The fourth-order valence-corrected chi connectivity index (χ4v) is 5.01. The van der Waals surface area contributed by atoms with Crippen LogP contribution in [0.4, 0.5) is 15.8 Å². The fourth-order valence-electron chi connectivity index (χ4n) is 3.85. The van der Waals surface area contributed by atoms with Gasteiger partial charge in [0.1, 0.15) is 11.1 Å². The second-order valence-corrected chi connectivity index (χ2v) is 9.28. The van der Waals surface area contributed by atoms with Crippen molar-refractivity contribution in [3.8, 4) is 0 Å². The van der Waals surface area contributed by atoms with Crippen molar-refractivity contribution in [2.24, 2.45) is 4.99 Å². The molecule has 2 amide bonds. The highest BCUT2D eigenvalue weighted by molar-refractivity contribution is 8.15. The molecule has 0 aromatic heterocycles. The number of carbonyl (C=O) groups is 2. The average molecular weight is 456 g/mol. The molecular weight excluding hydrogens is 429 g/mol. The Bertz CT molecular complexity index is 1050. The van der Waals surface area contributed by atoms with Crippen LogP contribution in [0, 0.1) is 19.7 Å². The van der Waals surface area contributed by atoms with E-state index in [0.717, 1.165) is 29.7 Å². The molecule has 4 rings (SSSR count). The van der Waals surface area contributed by atoms with Gasteiger partial charge in [-0.3, -0.25) is 14.5 Å². The number of ether oxygens (including phenoxy) is 1. The number of benzene rings is 2. The number of nitrogens with one attached hydrogen (secondary N) is 1. The molecule has 8 heteroatoms. The summed E-state index contributed by atoms with van der Waals surface area (Å²) in [6, 6.07) is 11.9. The number of halogens is 1. The van der Waals surface area contributed by atoms with Gasteiger partial charge in [0, 0.05) is 13.0 Å². The van der Waals surface area contributed by atoms with Gasteiger partial charge in [0.2, 0.25) is 11.8 Å². The molecule has 2 heterocycles. The summed E-state index contributed by atoms with van der Waals surface area (Å²) in [5.41, 5.74) is 3.05. The molecule has 0 bridgehead atoms. The van der Waals surface area contributed by atoms with Crippen LogP contribution in [-0.2, 0) is 14.3 Å². The maximum atomic E-state index is 13.9. The SMILES string of the molecule is Cc1ccc(N=C2SC(CC(=O)Nc3ccccc3F)C(=O)N2CC2CCCO2)c(C)c1. The van der Waals surface area contributed by atoms with Crippen molar-refractivity contribution in [3.63, 3.8) is 0 Å². The van der Waals surface area contributed by atoms with E-state index in [1.807, 2.05) is 32.0 Å². The minimum absolute atomic E-state index is 0.0325. The Balaban J connectivity index is 1.53. The predicted molar refractivity (Wildman–Crippen MR) is 125 cm³/mol. The van der Waals surface area contributed by atoms with E-state index >= 15 is 0 Å². The number of para-hydroxylation sites is 1. The Morgan fingerprint density at radius 3 is 2.81 bits per heavy atom. The summed E-state index contributed by atoms with van der Waals surface area (Å²) in [7, 11) is 0. The second kappa shape index (κ2) is 9.83. The van der Waals surface area contributed by atoms with Crippen LogP contribution in [-0.4, -0.2) is 46.4 Å². The number of hydrogen-bond acceptors (Lipinski definition) is 5. The molecule has 2 aromatic rings. The molecule has 6 nitrogen and oxygen atoms in total. The molecule has 2 aromatic carbocycles. The quantitative estimate of drug-likeness (QED) is 0.692. The van der Waals surface area contributed by atoms with E-state index in [2.05, 4.69) is 5.32 Å². The summed E-state index contributed by atoms with van der Waals surface area (Å²) in [6.07, 6.45) is 1.77. The minimum Gasteiger partial charge on any atom is -0.376 e. The minimum atomic E-state index is -0.618. The summed E-state index contributed by atoms with van der Waals surface area (Å²) in [6.45, 7) is 5.11. The van der Waals surface area contributed by atoms with Crippen molar-refractivity contribution >= 4 is 40.1 Å². The van der Waals surface area contributed by atoms with Crippen LogP contribution in [0.5, 0.6) is 0 Å². The van der Waals surface area contributed by atoms with Gasteiger partial charge in [-0.1, -0.05) is 41.6 Å². The highest BCUT2D eigenvalue weighted by Gasteiger charge is 2.40. The molecule has 2 fully saturated rings. The fraction of sp³-hybridized carbons (Fsp3) is 0.375. The first-order chi connectivity index (χ1) is 15.4. The van der Waals surface area contributed by atoms with Crippen molar-refractivity contribution in [2.45, 2.75) is 44.5 Å². The van der Waals surface area contributed by atoms with E-state index in [1.165, 1.54) is 23.9 Å². The van der Waals surface area contributed by atoms with Gasteiger partial charge in [-0.25, -0.2) is 9.38 Å². The van der Waals surface area contributed by atoms with E-state index in [1.54, 1.807) is 17.0 Å². The van der Waals surface area contributed by atoms with Gasteiger partial charge in [0.25, 0.3) is 0 Å². The Labute approximate surface area is 191 Å². The first-order valence-electron chi connectivity index (χ1n) is 10.7. The van der Waals surface area contributed by atoms with Crippen LogP contribution in [0.3, 0.4) is 0 Å². The van der Waals surface area contributed by atoms with Gasteiger partial charge in [-0.05, 0) is 50.5 Å². The summed E-state index contributed by atoms with van der Waals surface area (Å²) < 4.78 is 19.6. The number of rotatable bonds is 6. The largest absolute Gasteiger partial charge is 0.376 e. The number of nitrogens with zero attached hydrogens (tertiary/aromatic N) is 2. The number of carbonyl (C=O) groups excluding carboxylic acids is 2. The monoisotopic (exact) mass is 455 g/mol. The van der Waals surface area contributed by atoms with E-state index in [9.17, 15) is 14.0 Å². The lowest BCUT2D eigenvalue weighted by Crippen LogP contribution is -2.38. The van der Waals surface area contributed by atoms with Gasteiger partial charge in [0.05, 0.1) is 24.0 Å². The first-order valence-corrected chi connectivity index (χ1v) is 11.6. The summed E-state index contributed by atoms with van der Waals surface area (Å²) in [5, 5.41) is 2.52. The lowest BCUT2D eigenvalue weighted by molar-refractivity contribution is -0.129. The molecule has 2 unspecified atom stereocenters. The van der Waals surface area contributed by atoms with Crippen molar-refractivity contribution < 1.29 is 18.7 Å². The number of amides is 2. The van der Waals surface area contributed by atoms with Gasteiger partial charge in [-0.15, -0.1) is 0 Å². The number of hydrogen-bond donors (Lipinski definition) is 1. The molecule has 0 saturated carbocycles. The topological polar surface area (TPSA) is 71.0 Å². The molecule has 2 aliphatic heterocycles. The van der Waals surface area contributed by atoms with Crippen LogP contribution in [0.1, 0.15) is 30.4 Å².